The highest BCUT2D eigenvalue weighted by molar-refractivity contribution is 5.64. The number of hydrogen-bond donors (Lipinski definition) is 1. The second-order valence-electron chi connectivity index (χ2n) is 5.42. The largest absolute Gasteiger partial charge is 0.298 e. The minimum Gasteiger partial charge on any atom is -0.298 e. The van der Waals surface area contributed by atoms with Crippen molar-refractivity contribution in [2.24, 2.45) is 0 Å². The lowest BCUT2D eigenvalue weighted by atomic mass is 9.76. The van der Waals surface area contributed by atoms with Crippen LogP contribution in [0.5, 0.6) is 0 Å². The molecular weight excluding hydrogens is 263 g/mol. The molecule has 1 N–H and O–H groups in total. The molecule has 1 aliphatic heterocycles. The van der Waals surface area contributed by atoms with Crippen LogP contribution in [0, 0.1) is 17.1 Å². The van der Waals surface area contributed by atoms with Gasteiger partial charge in [-0.2, -0.15) is 5.26 Å². The standard InChI is InChI=1S/C18H17FN2/c1-2-16-18(17(11-20)21-16)13-9-7-12(8-10-13)14-5-3-4-6-15(14)19/h3-10,16-18,21H,2H2,1H3/t16-,17?,18-/m0/s1. The quantitative estimate of drug-likeness (QED) is 0.927. The molecule has 2 aromatic carbocycles. The summed E-state index contributed by atoms with van der Waals surface area (Å²) in [6, 6.07) is 17.2. The minimum atomic E-state index is -0.211. The van der Waals surface area contributed by atoms with Crippen molar-refractivity contribution in [3.63, 3.8) is 0 Å². The fourth-order valence-electron chi connectivity index (χ4n) is 3.05. The normalized spacial score (nSPS) is 24.1. The van der Waals surface area contributed by atoms with Gasteiger partial charge in [0.2, 0.25) is 0 Å². The summed E-state index contributed by atoms with van der Waals surface area (Å²) in [5, 5.41) is 12.4. The van der Waals surface area contributed by atoms with Crippen molar-refractivity contribution in [2.45, 2.75) is 31.3 Å². The second-order valence-corrected chi connectivity index (χ2v) is 5.42. The van der Waals surface area contributed by atoms with Gasteiger partial charge in [-0.1, -0.05) is 49.4 Å². The van der Waals surface area contributed by atoms with Crippen molar-refractivity contribution in [3.8, 4) is 17.2 Å². The highest BCUT2D eigenvalue weighted by Gasteiger charge is 2.40. The van der Waals surface area contributed by atoms with Crippen LogP contribution in [0.25, 0.3) is 11.1 Å². The van der Waals surface area contributed by atoms with Crippen molar-refractivity contribution in [3.05, 3.63) is 59.9 Å². The van der Waals surface area contributed by atoms with E-state index in [0.717, 1.165) is 17.5 Å². The molecule has 3 atom stereocenters. The van der Waals surface area contributed by atoms with Crippen molar-refractivity contribution in [1.29, 1.82) is 5.26 Å². The van der Waals surface area contributed by atoms with Crippen LogP contribution in [0.2, 0.25) is 0 Å². The Morgan fingerprint density at radius 2 is 1.86 bits per heavy atom. The fourth-order valence-corrected chi connectivity index (χ4v) is 3.05. The zero-order valence-electron chi connectivity index (χ0n) is 11.9. The average molecular weight is 280 g/mol. The Kier molecular flexibility index (Phi) is 3.72. The van der Waals surface area contributed by atoms with E-state index >= 15 is 0 Å². The maximum absolute atomic E-state index is 13.8. The van der Waals surface area contributed by atoms with Gasteiger partial charge in [-0.15, -0.1) is 0 Å². The van der Waals surface area contributed by atoms with Crippen molar-refractivity contribution in [1.82, 2.24) is 5.32 Å². The molecule has 0 aromatic heterocycles. The number of nitrogens with zero attached hydrogens (tertiary/aromatic N) is 1. The lowest BCUT2D eigenvalue weighted by Crippen LogP contribution is -2.58. The molecule has 2 nitrogen and oxygen atoms in total. The third-order valence-corrected chi connectivity index (χ3v) is 4.25. The van der Waals surface area contributed by atoms with Crippen LogP contribution in [-0.2, 0) is 0 Å². The summed E-state index contributed by atoms with van der Waals surface area (Å²) in [5.41, 5.74) is 2.62. The highest BCUT2D eigenvalue weighted by Crippen LogP contribution is 2.34. The van der Waals surface area contributed by atoms with Crippen LogP contribution >= 0.6 is 0 Å². The van der Waals surface area contributed by atoms with Gasteiger partial charge in [0.1, 0.15) is 11.9 Å². The van der Waals surface area contributed by atoms with E-state index in [4.69, 9.17) is 5.26 Å². The van der Waals surface area contributed by atoms with Crippen molar-refractivity contribution >= 4 is 0 Å². The number of halogens is 1. The van der Waals surface area contributed by atoms with Gasteiger partial charge in [-0.3, -0.25) is 5.32 Å². The third-order valence-electron chi connectivity index (χ3n) is 4.25. The Morgan fingerprint density at radius 1 is 1.14 bits per heavy atom. The predicted octanol–water partition coefficient (Wildman–Crippen LogP) is 3.85. The zero-order chi connectivity index (χ0) is 14.8. The molecular formula is C18H17FN2. The van der Waals surface area contributed by atoms with Gasteiger partial charge in [0.05, 0.1) is 6.07 Å². The average Bonchev–Trinajstić information content (AvgIpc) is 2.49. The molecule has 0 amide bonds. The SMILES string of the molecule is CC[C@@H]1NC(C#N)[C@H]1c1ccc(-c2ccccc2F)cc1. The molecule has 1 saturated heterocycles. The van der Waals surface area contributed by atoms with Crippen LogP contribution in [0.1, 0.15) is 24.8 Å². The van der Waals surface area contributed by atoms with E-state index in [0.29, 0.717) is 11.6 Å². The fraction of sp³-hybridized carbons (Fsp3) is 0.278. The maximum Gasteiger partial charge on any atom is 0.131 e. The van der Waals surface area contributed by atoms with Gasteiger partial charge in [-0.05, 0) is 23.6 Å². The number of nitriles is 1. The molecule has 0 bridgehead atoms. The second kappa shape index (κ2) is 5.67. The van der Waals surface area contributed by atoms with Crippen LogP contribution < -0.4 is 5.32 Å². The molecule has 0 radical (unpaired) electrons. The molecule has 1 aliphatic rings. The smallest absolute Gasteiger partial charge is 0.131 e. The van der Waals surface area contributed by atoms with Gasteiger partial charge in [0.25, 0.3) is 0 Å². The Balaban J connectivity index is 1.88. The Labute approximate surface area is 124 Å². The van der Waals surface area contributed by atoms with Gasteiger partial charge < -0.3 is 0 Å². The van der Waals surface area contributed by atoms with E-state index in [-0.39, 0.29) is 17.8 Å². The summed E-state index contributed by atoms with van der Waals surface area (Å²) in [6.45, 7) is 2.12. The van der Waals surface area contributed by atoms with Crippen LogP contribution in [0.15, 0.2) is 48.5 Å². The van der Waals surface area contributed by atoms with Crippen LogP contribution in [0.3, 0.4) is 0 Å². The first-order valence-electron chi connectivity index (χ1n) is 7.25. The van der Waals surface area contributed by atoms with Gasteiger partial charge in [0, 0.05) is 17.5 Å². The minimum absolute atomic E-state index is 0.116. The lowest BCUT2D eigenvalue weighted by Gasteiger charge is -2.42. The predicted molar refractivity (Wildman–Crippen MR) is 81.2 cm³/mol. The monoisotopic (exact) mass is 280 g/mol. The summed E-state index contributed by atoms with van der Waals surface area (Å²) in [7, 11) is 0. The highest BCUT2D eigenvalue weighted by atomic mass is 19.1. The summed E-state index contributed by atoms with van der Waals surface area (Å²) >= 11 is 0. The molecule has 21 heavy (non-hydrogen) atoms. The van der Waals surface area contributed by atoms with E-state index in [1.807, 2.05) is 30.3 Å². The third kappa shape index (κ3) is 2.43. The molecule has 1 unspecified atom stereocenters. The number of nitrogens with one attached hydrogen (secondary N) is 1. The molecule has 3 rings (SSSR count). The number of benzene rings is 2. The van der Waals surface area contributed by atoms with Gasteiger partial charge in [-0.25, -0.2) is 4.39 Å². The molecule has 2 aromatic rings. The van der Waals surface area contributed by atoms with Crippen LogP contribution in [0.4, 0.5) is 4.39 Å². The van der Waals surface area contributed by atoms with E-state index in [9.17, 15) is 4.39 Å². The number of rotatable bonds is 3. The van der Waals surface area contributed by atoms with Crippen LogP contribution in [-0.4, -0.2) is 12.1 Å². The zero-order valence-corrected chi connectivity index (χ0v) is 11.9. The van der Waals surface area contributed by atoms with Crippen molar-refractivity contribution < 1.29 is 4.39 Å². The molecule has 1 fully saturated rings. The maximum atomic E-state index is 13.8. The first-order chi connectivity index (χ1) is 10.2. The topological polar surface area (TPSA) is 35.8 Å². The molecule has 0 spiro atoms. The molecule has 0 aliphatic carbocycles. The molecule has 3 heteroatoms. The Hall–Kier alpha value is -2.18. The summed E-state index contributed by atoms with van der Waals surface area (Å²) < 4.78 is 13.8. The molecule has 1 heterocycles. The summed E-state index contributed by atoms with van der Waals surface area (Å²) in [4.78, 5) is 0. The van der Waals surface area contributed by atoms with E-state index < -0.39 is 0 Å². The molecule has 0 saturated carbocycles. The van der Waals surface area contributed by atoms with E-state index in [2.05, 4.69) is 18.3 Å². The summed E-state index contributed by atoms with van der Waals surface area (Å²) in [5.74, 6) is 0.0200. The van der Waals surface area contributed by atoms with E-state index in [1.54, 1.807) is 12.1 Å². The van der Waals surface area contributed by atoms with Gasteiger partial charge >= 0.3 is 0 Å². The lowest BCUT2D eigenvalue weighted by molar-refractivity contribution is 0.250. The first kappa shape index (κ1) is 13.8. The molecule has 106 valence electrons. The first-order valence-corrected chi connectivity index (χ1v) is 7.25. The Bertz CT molecular complexity index is 672. The van der Waals surface area contributed by atoms with Crippen molar-refractivity contribution in [2.75, 3.05) is 0 Å². The summed E-state index contributed by atoms with van der Waals surface area (Å²) in [6.07, 6.45) is 0.998. The Morgan fingerprint density at radius 3 is 2.48 bits per heavy atom. The van der Waals surface area contributed by atoms with Gasteiger partial charge in [0.15, 0.2) is 0 Å². The van der Waals surface area contributed by atoms with E-state index in [1.165, 1.54) is 6.07 Å². The number of hydrogen-bond acceptors (Lipinski definition) is 2.